The molecule has 37 heavy (non-hydrogen) atoms. The third kappa shape index (κ3) is 4.75. The van der Waals surface area contributed by atoms with Gasteiger partial charge in [-0.3, -0.25) is 4.79 Å². The molecule has 2 aliphatic rings. The van der Waals surface area contributed by atoms with Gasteiger partial charge in [-0.25, -0.2) is 4.79 Å². The van der Waals surface area contributed by atoms with Crippen LogP contribution in [-0.4, -0.2) is 36.5 Å². The third-order valence-corrected chi connectivity index (χ3v) is 7.39. The summed E-state index contributed by atoms with van der Waals surface area (Å²) < 4.78 is 0. The number of hydrogen-bond acceptors (Lipinski definition) is 3. The molecule has 3 amide bonds. The van der Waals surface area contributed by atoms with Gasteiger partial charge in [-0.2, -0.15) is 0 Å². The highest BCUT2D eigenvalue weighted by Gasteiger charge is 2.26. The molecule has 2 heterocycles. The van der Waals surface area contributed by atoms with Gasteiger partial charge in [0, 0.05) is 42.9 Å². The number of rotatable bonds is 4. The Morgan fingerprint density at radius 3 is 2.35 bits per heavy atom. The zero-order chi connectivity index (χ0) is 25.2. The largest absolute Gasteiger partial charge is 0.366 e. The summed E-state index contributed by atoms with van der Waals surface area (Å²) in [6, 6.07) is 27.6. The van der Waals surface area contributed by atoms with E-state index in [1.165, 1.54) is 11.1 Å². The second kappa shape index (κ2) is 9.97. The van der Waals surface area contributed by atoms with Crippen molar-refractivity contribution < 1.29 is 9.59 Å². The second-order valence-corrected chi connectivity index (χ2v) is 9.78. The average molecular weight is 491 g/mol. The van der Waals surface area contributed by atoms with Crippen LogP contribution < -0.4 is 15.5 Å². The number of hydrogen-bond donors (Lipinski definition) is 2. The van der Waals surface area contributed by atoms with Crippen molar-refractivity contribution in [3.05, 3.63) is 102 Å². The number of fused-ring (bicyclic) bond motifs is 2. The number of benzene rings is 4. The first-order valence-corrected chi connectivity index (χ1v) is 13.0. The number of carbonyl (C=O) groups excluding carboxylic acids is 2. The molecule has 6 nitrogen and oxygen atoms in total. The lowest BCUT2D eigenvalue weighted by Crippen LogP contribution is -2.34. The molecule has 6 rings (SSSR count). The first kappa shape index (κ1) is 23.1. The quantitative estimate of drug-likeness (QED) is 0.354. The maximum absolute atomic E-state index is 13.6. The number of nitrogens with one attached hydrogen (secondary N) is 2. The number of amides is 3. The average Bonchev–Trinajstić information content (AvgIpc) is 3.48. The van der Waals surface area contributed by atoms with E-state index in [1.54, 1.807) is 0 Å². The van der Waals surface area contributed by atoms with Crippen LogP contribution in [0.15, 0.2) is 84.9 Å². The van der Waals surface area contributed by atoms with Crippen LogP contribution in [0.4, 0.5) is 21.9 Å². The molecule has 1 fully saturated rings. The van der Waals surface area contributed by atoms with Crippen molar-refractivity contribution in [1.29, 1.82) is 0 Å². The Bertz CT molecular complexity index is 1470. The lowest BCUT2D eigenvalue weighted by molar-refractivity contribution is 0.0793. The van der Waals surface area contributed by atoms with E-state index >= 15 is 0 Å². The lowest BCUT2D eigenvalue weighted by Gasteiger charge is -2.33. The molecule has 0 aromatic heterocycles. The molecule has 4 aromatic carbocycles. The number of likely N-dealkylation sites (tertiary alicyclic amines) is 1. The van der Waals surface area contributed by atoms with Crippen molar-refractivity contribution >= 4 is 39.8 Å². The second-order valence-electron chi connectivity index (χ2n) is 9.78. The fourth-order valence-corrected chi connectivity index (χ4v) is 5.47. The summed E-state index contributed by atoms with van der Waals surface area (Å²) in [6.07, 6.45) is 3.01. The molecule has 2 N–H and O–H groups in total. The van der Waals surface area contributed by atoms with Gasteiger partial charge in [-0.1, -0.05) is 60.7 Å². The minimum Gasteiger partial charge on any atom is -0.366 e. The summed E-state index contributed by atoms with van der Waals surface area (Å²) in [5, 5.41) is 7.96. The summed E-state index contributed by atoms with van der Waals surface area (Å²) in [4.78, 5) is 30.8. The Balaban J connectivity index is 1.27. The highest BCUT2D eigenvalue weighted by molar-refractivity contribution is 6.07. The summed E-state index contributed by atoms with van der Waals surface area (Å²) in [6.45, 7) is 3.18. The molecule has 0 aliphatic carbocycles. The van der Waals surface area contributed by atoms with Crippen LogP contribution in [0.25, 0.3) is 10.8 Å². The van der Waals surface area contributed by atoms with Gasteiger partial charge in [0.15, 0.2) is 0 Å². The molecule has 0 radical (unpaired) electrons. The molecule has 6 heteroatoms. The van der Waals surface area contributed by atoms with Crippen molar-refractivity contribution in [2.24, 2.45) is 0 Å². The van der Waals surface area contributed by atoms with Crippen molar-refractivity contribution in [2.75, 3.05) is 35.2 Å². The Morgan fingerprint density at radius 1 is 0.730 bits per heavy atom. The summed E-state index contributed by atoms with van der Waals surface area (Å²) >= 11 is 0. The fourth-order valence-electron chi connectivity index (χ4n) is 5.47. The highest BCUT2D eigenvalue weighted by atomic mass is 16.2. The SMILES string of the molecule is O=C(Nc1ccc(N2CCc3ccccc3C2)c(C(=O)N2CCCC2)c1)Nc1cccc2ccccc12. The topological polar surface area (TPSA) is 64.7 Å². The molecule has 4 aromatic rings. The molecule has 0 bridgehead atoms. The van der Waals surface area contributed by atoms with E-state index < -0.39 is 0 Å². The Hall–Kier alpha value is -4.32. The van der Waals surface area contributed by atoms with Gasteiger partial charge >= 0.3 is 6.03 Å². The summed E-state index contributed by atoms with van der Waals surface area (Å²) in [7, 11) is 0. The van der Waals surface area contributed by atoms with Gasteiger partial charge in [-0.15, -0.1) is 0 Å². The van der Waals surface area contributed by atoms with E-state index in [2.05, 4.69) is 39.8 Å². The van der Waals surface area contributed by atoms with Crippen LogP contribution in [0.3, 0.4) is 0 Å². The minimum absolute atomic E-state index is 0.0319. The standard InChI is InChI=1S/C31H30N4O2/c36-30(34-17-5-6-18-34)27-20-25(14-15-29(27)35-19-16-22-8-1-2-10-24(22)21-35)32-31(37)33-28-13-7-11-23-9-3-4-12-26(23)28/h1-4,7-15,20H,5-6,16-19,21H2,(H2,32,33,37). The Kier molecular flexibility index (Phi) is 6.23. The predicted octanol–water partition coefficient (Wildman–Crippen LogP) is 6.28. The van der Waals surface area contributed by atoms with Gasteiger partial charge in [0.1, 0.15) is 0 Å². The number of nitrogens with zero attached hydrogens (tertiary/aromatic N) is 2. The zero-order valence-corrected chi connectivity index (χ0v) is 20.7. The van der Waals surface area contributed by atoms with Crippen LogP contribution in [0.1, 0.15) is 34.3 Å². The molecule has 0 saturated carbocycles. The van der Waals surface area contributed by atoms with Crippen molar-refractivity contribution in [1.82, 2.24) is 4.90 Å². The normalized spacial score (nSPS) is 14.9. The highest BCUT2D eigenvalue weighted by Crippen LogP contribution is 2.31. The fraction of sp³-hybridized carbons (Fsp3) is 0.226. The summed E-state index contributed by atoms with van der Waals surface area (Å²) in [5.74, 6) is 0.0319. The minimum atomic E-state index is -0.337. The smallest absolute Gasteiger partial charge is 0.323 e. The van der Waals surface area contributed by atoms with Gasteiger partial charge in [0.05, 0.1) is 11.3 Å². The third-order valence-electron chi connectivity index (χ3n) is 7.39. The Morgan fingerprint density at radius 2 is 1.49 bits per heavy atom. The maximum Gasteiger partial charge on any atom is 0.323 e. The van der Waals surface area contributed by atoms with Gasteiger partial charge in [0.25, 0.3) is 5.91 Å². The summed E-state index contributed by atoms with van der Waals surface area (Å²) in [5.41, 5.74) is 5.57. The van der Waals surface area contributed by atoms with Gasteiger partial charge in [-0.05, 0) is 60.0 Å². The van der Waals surface area contributed by atoms with E-state index in [1.807, 2.05) is 65.6 Å². The van der Waals surface area contributed by atoms with Crippen LogP contribution >= 0.6 is 0 Å². The van der Waals surface area contributed by atoms with E-state index in [4.69, 9.17) is 0 Å². The first-order valence-electron chi connectivity index (χ1n) is 13.0. The first-order chi connectivity index (χ1) is 18.2. The molecular weight excluding hydrogens is 460 g/mol. The molecule has 0 spiro atoms. The number of anilines is 3. The van der Waals surface area contributed by atoms with E-state index in [0.717, 1.165) is 67.6 Å². The zero-order valence-electron chi connectivity index (χ0n) is 20.7. The van der Waals surface area contributed by atoms with E-state index in [-0.39, 0.29) is 11.9 Å². The van der Waals surface area contributed by atoms with E-state index in [9.17, 15) is 9.59 Å². The van der Waals surface area contributed by atoms with Crippen LogP contribution in [0.5, 0.6) is 0 Å². The molecule has 0 atom stereocenters. The maximum atomic E-state index is 13.6. The van der Waals surface area contributed by atoms with Crippen molar-refractivity contribution in [3.8, 4) is 0 Å². The molecular formula is C31H30N4O2. The van der Waals surface area contributed by atoms with Crippen LogP contribution in [0, 0.1) is 0 Å². The molecule has 186 valence electrons. The number of carbonyl (C=O) groups is 2. The van der Waals surface area contributed by atoms with Crippen molar-refractivity contribution in [3.63, 3.8) is 0 Å². The lowest BCUT2D eigenvalue weighted by atomic mass is 9.98. The monoisotopic (exact) mass is 490 g/mol. The van der Waals surface area contributed by atoms with Crippen LogP contribution in [0.2, 0.25) is 0 Å². The molecule has 0 unspecified atom stereocenters. The van der Waals surface area contributed by atoms with Crippen LogP contribution in [-0.2, 0) is 13.0 Å². The Labute approximate surface area is 216 Å². The van der Waals surface area contributed by atoms with Gasteiger partial charge in [0.2, 0.25) is 0 Å². The number of urea groups is 1. The molecule has 1 saturated heterocycles. The van der Waals surface area contributed by atoms with E-state index in [0.29, 0.717) is 11.3 Å². The molecule has 2 aliphatic heterocycles. The van der Waals surface area contributed by atoms with Gasteiger partial charge < -0.3 is 20.4 Å². The predicted molar refractivity (Wildman–Crippen MR) is 149 cm³/mol. The van der Waals surface area contributed by atoms with Crippen molar-refractivity contribution in [2.45, 2.75) is 25.8 Å².